The van der Waals surface area contributed by atoms with E-state index in [1.54, 1.807) is 14.1 Å². The molecule has 2 N–H and O–H groups in total. The van der Waals surface area contributed by atoms with Crippen LogP contribution in [0.4, 0.5) is 25.1 Å². The second kappa shape index (κ2) is 5.43. The van der Waals surface area contributed by atoms with Gasteiger partial charge in [0, 0.05) is 14.1 Å². The number of hydrogen-bond donors (Lipinski definition) is 1. The lowest BCUT2D eigenvalue weighted by Gasteiger charge is -2.14. The number of rotatable bonds is 3. The zero-order chi connectivity index (χ0) is 15.6. The molecule has 21 heavy (non-hydrogen) atoms. The maximum absolute atomic E-state index is 12.9. The number of aromatic nitrogens is 3. The molecule has 0 fully saturated rings. The number of benzene rings is 1. The van der Waals surface area contributed by atoms with Gasteiger partial charge in [-0.3, -0.25) is 0 Å². The zero-order valence-corrected chi connectivity index (χ0v) is 11.2. The Bertz CT molecular complexity index is 645. The van der Waals surface area contributed by atoms with Gasteiger partial charge in [-0.25, -0.2) is 0 Å². The summed E-state index contributed by atoms with van der Waals surface area (Å²) in [6.45, 7) is 0. The third-order valence-electron chi connectivity index (χ3n) is 2.41. The van der Waals surface area contributed by atoms with Crippen LogP contribution < -0.4 is 15.4 Å². The first-order valence-electron chi connectivity index (χ1n) is 5.80. The minimum atomic E-state index is -4.54. The maximum atomic E-state index is 12.9. The molecule has 0 spiro atoms. The summed E-state index contributed by atoms with van der Waals surface area (Å²) in [4.78, 5) is 12.9. The van der Waals surface area contributed by atoms with Crippen LogP contribution in [0.1, 0.15) is 5.56 Å². The van der Waals surface area contributed by atoms with Crippen LogP contribution in [-0.2, 0) is 6.18 Å². The van der Waals surface area contributed by atoms with Gasteiger partial charge in [-0.2, -0.15) is 28.1 Å². The van der Waals surface area contributed by atoms with Gasteiger partial charge in [0.1, 0.15) is 5.75 Å². The first-order chi connectivity index (χ1) is 9.77. The second-order valence-corrected chi connectivity index (χ2v) is 4.27. The average molecular weight is 299 g/mol. The Balaban J connectivity index is 2.39. The van der Waals surface area contributed by atoms with E-state index in [4.69, 9.17) is 10.5 Å². The molecule has 2 aromatic rings. The van der Waals surface area contributed by atoms with Crippen molar-refractivity contribution in [3.63, 3.8) is 0 Å². The molecule has 9 heteroatoms. The molecule has 0 bridgehead atoms. The van der Waals surface area contributed by atoms with Crippen molar-refractivity contribution in [1.29, 1.82) is 0 Å². The number of nitrogens with two attached hydrogens (primary N) is 1. The fraction of sp³-hybridized carbons (Fsp3) is 0.250. The van der Waals surface area contributed by atoms with Crippen LogP contribution >= 0.6 is 0 Å². The van der Waals surface area contributed by atoms with Gasteiger partial charge < -0.3 is 15.4 Å². The number of nitrogen functional groups attached to an aromatic ring is 1. The molecule has 0 unspecified atom stereocenters. The van der Waals surface area contributed by atoms with E-state index < -0.39 is 17.5 Å². The molecular weight excluding hydrogens is 287 g/mol. The van der Waals surface area contributed by atoms with Crippen molar-refractivity contribution in [2.24, 2.45) is 0 Å². The fourth-order valence-corrected chi connectivity index (χ4v) is 1.49. The minimum absolute atomic E-state index is 0.145. The summed E-state index contributed by atoms with van der Waals surface area (Å²) in [6, 6.07) is 4.47. The van der Waals surface area contributed by atoms with Gasteiger partial charge in [0.15, 0.2) is 0 Å². The van der Waals surface area contributed by atoms with Crippen molar-refractivity contribution in [3.05, 3.63) is 29.8 Å². The zero-order valence-electron chi connectivity index (χ0n) is 11.2. The average Bonchev–Trinajstić information content (AvgIpc) is 2.37. The van der Waals surface area contributed by atoms with Crippen molar-refractivity contribution in [2.45, 2.75) is 6.18 Å². The van der Waals surface area contributed by atoms with E-state index >= 15 is 0 Å². The summed E-state index contributed by atoms with van der Waals surface area (Å²) in [5.74, 6) is -0.365. The predicted molar refractivity (Wildman–Crippen MR) is 70.1 cm³/mol. The predicted octanol–water partition coefficient (Wildman–Crippen LogP) is 2.33. The lowest BCUT2D eigenvalue weighted by atomic mass is 10.2. The van der Waals surface area contributed by atoms with Crippen molar-refractivity contribution >= 4 is 11.9 Å². The molecule has 0 saturated carbocycles. The van der Waals surface area contributed by atoms with Gasteiger partial charge >= 0.3 is 12.2 Å². The monoisotopic (exact) mass is 299 g/mol. The number of ether oxygens (including phenoxy) is 1. The summed E-state index contributed by atoms with van der Waals surface area (Å²) in [5, 5.41) is 0. The molecule has 0 aliphatic rings. The van der Waals surface area contributed by atoms with Crippen LogP contribution in [-0.4, -0.2) is 29.0 Å². The van der Waals surface area contributed by atoms with E-state index in [9.17, 15) is 13.2 Å². The number of anilines is 2. The quantitative estimate of drug-likeness (QED) is 0.937. The Morgan fingerprint density at radius 2 is 1.76 bits per heavy atom. The molecular formula is C12H12F3N5O. The van der Waals surface area contributed by atoms with Crippen LogP contribution in [0.3, 0.4) is 0 Å². The molecule has 0 atom stereocenters. The molecule has 6 nitrogen and oxygen atoms in total. The standard InChI is InChI=1S/C12H12F3N5O/c1-20(2)10-17-9(16)18-11(19-10)21-8-6-4-3-5-7(8)12(13,14)15/h3-6H,1-2H3,(H2,16,17,18,19). The first-order valence-corrected chi connectivity index (χ1v) is 5.80. The molecule has 2 rings (SSSR count). The van der Waals surface area contributed by atoms with Crippen LogP contribution in [0.5, 0.6) is 11.8 Å². The van der Waals surface area contributed by atoms with Crippen LogP contribution in [0.2, 0.25) is 0 Å². The Labute approximate surface area is 118 Å². The molecule has 1 aromatic carbocycles. The maximum Gasteiger partial charge on any atom is 0.419 e. The van der Waals surface area contributed by atoms with Crippen LogP contribution in [0.15, 0.2) is 24.3 Å². The SMILES string of the molecule is CN(C)c1nc(N)nc(Oc2ccccc2C(F)(F)F)n1. The molecule has 0 aliphatic heterocycles. The van der Waals surface area contributed by atoms with Crippen molar-refractivity contribution in [1.82, 2.24) is 15.0 Å². The van der Waals surface area contributed by atoms with Crippen molar-refractivity contribution in [3.8, 4) is 11.8 Å². The first kappa shape index (κ1) is 14.8. The van der Waals surface area contributed by atoms with Gasteiger partial charge in [-0.15, -0.1) is 0 Å². The highest BCUT2D eigenvalue weighted by molar-refractivity contribution is 5.39. The second-order valence-electron chi connectivity index (χ2n) is 4.27. The van der Waals surface area contributed by atoms with Crippen LogP contribution in [0, 0.1) is 0 Å². The molecule has 1 aromatic heterocycles. The number of para-hydroxylation sites is 1. The van der Waals surface area contributed by atoms with E-state index in [0.717, 1.165) is 6.07 Å². The Morgan fingerprint density at radius 3 is 2.38 bits per heavy atom. The number of hydrogen-bond acceptors (Lipinski definition) is 6. The van der Waals surface area contributed by atoms with Gasteiger partial charge in [-0.1, -0.05) is 12.1 Å². The summed E-state index contributed by atoms with van der Waals surface area (Å²) in [5.41, 5.74) is 4.56. The van der Waals surface area contributed by atoms with E-state index in [0.29, 0.717) is 0 Å². The number of halogens is 3. The van der Waals surface area contributed by atoms with E-state index in [2.05, 4.69) is 15.0 Å². The number of alkyl halides is 3. The summed E-state index contributed by atoms with van der Waals surface area (Å²) < 4.78 is 43.7. The molecule has 1 heterocycles. The van der Waals surface area contributed by atoms with Gasteiger partial charge in [0.05, 0.1) is 5.56 Å². The highest BCUT2D eigenvalue weighted by atomic mass is 19.4. The third-order valence-corrected chi connectivity index (χ3v) is 2.41. The molecule has 112 valence electrons. The fourth-order valence-electron chi connectivity index (χ4n) is 1.49. The Hall–Kier alpha value is -2.58. The largest absolute Gasteiger partial charge is 0.423 e. The normalized spacial score (nSPS) is 11.3. The topological polar surface area (TPSA) is 77.2 Å². The summed E-state index contributed by atoms with van der Waals surface area (Å²) in [6.07, 6.45) is -4.54. The van der Waals surface area contributed by atoms with Crippen molar-refractivity contribution < 1.29 is 17.9 Å². The molecule has 0 aliphatic carbocycles. The minimum Gasteiger partial charge on any atom is -0.423 e. The lowest BCUT2D eigenvalue weighted by molar-refractivity contribution is -0.138. The van der Waals surface area contributed by atoms with E-state index in [1.165, 1.54) is 23.1 Å². The third kappa shape index (κ3) is 3.50. The summed E-state index contributed by atoms with van der Waals surface area (Å²) >= 11 is 0. The van der Waals surface area contributed by atoms with Gasteiger partial charge in [0.25, 0.3) is 0 Å². The number of nitrogens with zero attached hydrogens (tertiary/aromatic N) is 4. The lowest BCUT2D eigenvalue weighted by Crippen LogP contribution is -2.15. The summed E-state index contributed by atoms with van der Waals surface area (Å²) in [7, 11) is 3.31. The molecule has 0 amide bonds. The molecule has 0 saturated heterocycles. The van der Waals surface area contributed by atoms with Gasteiger partial charge in [0.2, 0.25) is 11.9 Å². The Kier molecular flexibility index (Phi) is 3.83. The van der Waals surface area contributed by atoms with E-state index in [1.807, 2.05) is 0 Å². The highest BCUT2D eigenvalue weighted by Gasteiger charge is 2.34. The van der Waals surface area contributed by atoms with Gasteiger partial charge in [-0.05, 0) is 12.1 Å². The molecule has 0 radical (unpaired) electrons. The Morgan fingerprint density at radius 1 is 1.10 bits per heavy atom. The smallest absolute Gasteiger partial charge is 0.419 e. The van der Waals surface area contributed by atoms with Crippen LogP contribution in [0.25, 0.3) is 0 Å². The highest BCUT2D eigenvalue weighted by Crippen LogP contribution is 2.37. The van der Waals surface area contributed by atoms with E-state index in [-0.39, 0.29) is 17.9 Å². The van der Waals surface area contributed by atoms with Crippen molar-refractivity contribution in [2.75, 3.05) is 24.7 Å².